The molecule has 1 unspecified atom stereocenters. The van der Waals surface area contributed by atoms with Crippen LogP contribution in [0.25, 0.3) is 0 Å². The van der Waals surface area contributed by atoms with E-state index in [1.165, 1.54) is 58.4 Å². The van der Waals surface area contributed by atoms with Crippen molar-refractivity contribution in [2.24, 2.45) is 0 Å². The Hall–Kier alpha value is -0.120. The van der Waals surface area contributed by atoms with Crippen LogP contribution in [0.4, 0.5) is 0 Å². The summed E-state index contributed by atoms with van der Waals surface area (Å²) in [5.74, 6) is 0. The highest BCUT2D eigenvalue weighted by Crippen LogP contribution is 2.06. The van der Waals surface area contributed by atoms with Crippen LogP contribution in [0.2, 0.25) is 0 Å². The molecule has 1 N–H and O–H groups in total. The highest BCUT2D eigenvalue weighted by Gasteiger charge is 2.12. The molecule has 0 aromatic rings. The van der Waals surface area contributed by atoms with Crippen molar-refractivity contribution in [3.05, 3.63) is 0 Å². The zero-order valence-corrected chi connectivity index (χ0v) is 11.3. The molecule has 16 heavy (non-hydrogen) atoms. The molecule has 3 heteroatoms. The van der Waals surface area contributed by atoms with Gasteiger partial charge in [-0.3, -0.25) is 0 Å². The molecule has 1 saturated heterocycles. The van der Waals surface area contributed by atoms with Gasteiger partial charge >= 0.3 is 0 Å². The summed E-state index contributed by atoms with van der Waals surface area (Å²) in [6.07, 6.45) is 5.24. The van der Waals surface area contributed by atoms with E-state index in [-0.39, 0.29) is 0 Å². The molecule has 0 bridgehead atoms. The van der Waals surface area contributed by atoms with Crippen LogP contribution in [0.15, 0.2) is 0 Å². The van der Waals surface area contributed by atoms with Gasteiger partial charge in [0, 0.05) is 19.1 Å². The van der Waals surface area contributed by atoms with Crippen LogP contribution >= 0.6 is 0 Å². The SMILES string of the molecule is CCC(CCCN1CCCN(C)CC1)NC. The maximum Gasteiger partial charge on any atom is 0.0109 e. The van der Waals surface area contributed by atoms with Gasteiger partial charge < -0.3 is 15.1 Å². The lowest BCUT2D eigenvalue weighted by atomic mass is 10.1. The summed E-state index contributed by atoms with van der Waals surface area (Å²) in [6, 6.07) is 0.717. The Bertz CT molecular complexity index is 169. The smallest absolute Gasteiger partial charge is 0.0109 e. The quantitative estimate of drug-likeness (QED) is 0.740. The van der Waals surface area contributed by atoms with Crippen LogP contribution in [0.3, 0.4) is 0 Å². The maximum atomic E-state index is 3.38. The highest BCUT2D eigenvalue weighted by atomic mass is 15.2. The van der Waals surface area contributed by atoms with Crippen LogP contribution in [-0.4, -0.2) is 62.7 Å². The van der Waals surface area contributed by atoms with Crippen LogP contribution < -0.4 is 5.32 Å². The first-order valence-electron chi connectivity index (χ1n) is 6.84. The van der Waals surface area contributed by atoms with E-state index in [1.54, 1.807) is 0 Å². The van der Waals surface area contributed by atoms with Crippen molar-refractivity contribution in [2.75, 3.05) is 46.8 Å². The lowest BCUT2D eigenvalue weighted by Gasteiger charge is -2.21. The fourth-order valence-electron chi connectivity index (χ4n) is 2.44. The Kier molecular flexibility index (Phi) is 7.01. The number of hydrogen-bond donors (Lipinski definition) is 1. The molecule has 0 amide bonds. The highest BCUT2D eigenvalue weighted by molar-refractivity contribution is 4.69. The van der Waals surface area contributed by atoms with E-state index in [2.05, 4.69) is 36.1 Å². The Morgan fingerprint density at radius 2 is 2.00 bits per heavy atom. The summed E-state index contributed by atoms with van der Waals surface area (Å²) in [4.78, 5) is 5.08. The fourth-order valence-corrected chi connectivity index (χ4v) is 2.44. The molecule has 1 atom stereocenters. The van der Waals surface area contributed by atoms with Crippen molar-refractivity contribution < 1.29 is 0 Å². The molecular weight excluding hydrogens is 198 g/mol. The van der Waals surface area contributed by atoms with Gasteiger partial charge in [-0.05, 0) is 59.4 Å². The fraction of sp³-hybridized carbons (Fsp3) is 1.00. The minimum absolute atomic E-state index is 0.717. The Morgan fingerprint density at radius 3 is 2.69 bits per heavy atom. The maximum absolute atomic E-state index is 3.38. The van der Waals surface area contributed by atoms with Crippen LogP contribution in [-0.2, 0) is 0 Å². The zero-order valence-electron chi connectivity index (χ0n) is 11.3. The molecule has 1 aliphatic heterocycles. The monoisotopic (exact) mass is 227 g/mol. The molecule has 1 rings (SSSR count). The molecular formula is C13H29N3. The van der Waals surface area contributed by atoms with Gasteiger partial charge in [0.1, 0.15) is 0 Å². The lowest BCUT2D eigenvalue weighted by molar-refractivity contribution is 0.266. The number of nitrogens with zero attached hydrogens (tertiary/aromatic N) is 2. The van der Waals surface area contributed by atoms with Crippen molar-refractivity contribution in [2.45, 2.75) is 38.6 Å². The Labute approximate surface area is 101 Å². The van der Waals surface area contributed by atoms with E-state index in [9.17, 15) is 0 Å². The first kappa shape index (κ1) is 13.9. The Morgan fingerprint density at radius 1 is 1.19 bits per heavy atom. The second kappa shape index (κ2) is 8.04. The van der Waals surface area contributed by atoms with E-state index in [0.717, 1.165) is 6.04 Å². The summed E-state index contributed by atoms with van der Waals surface area (Å²) in [7, 11) is 4.31. The predicted octanol–water partition coefficient (Wildman–Crippen LogP) is 1.40. The summed E-state index contributed by atoms with van der Waals surface area (Å²) in [5, 5.41) is 3.38. The van der Waals surface area contributed by atoms with Crippen molar-refractivity contribution in [3.8, 4) is 0 Å². The molecule has 96 valence electrons. The number of hydrogen-bond acceptors (Lipinski definition) is 3. The van der Waals surface area contributed by atoms with Gasteiger partial charge in [-0.15, -0.1) is 0 Å². The van der Waals surface area contributed by atoms with E-state index >= 15 is 0 Å². The van der Waals surface area contributed by atoms with Crippen LogP contribution in [0.1, 0.15) is 32.6 Å². The van der Waals surface area contributed by atoms with Crippen molar-refractivity contribution >= 4 is 0 Å². The van der Waals surface area contributed by atoms with Gasteiger partial charge in [0.05, 0.1) is 0 Å². The summed E-state index contributed by atoms with van der Waals surface area (Å²) in [6.45, 7) is 8.61. The molecule has 0 aromatic heterocycles. The molecule has 1 aliphatic rings. The largest absolute Gasteiger partial charge is 0.317 e. The Balaban J connectivity index is 2.12. The van der Waals surface area contributed by atoms with Gasteiger partial charge in [0.25, 0.3) is 0 Å². The van der Waals surface area contributed by atoms with Crippen LogP contribution in [0, 0.1) is 0 Å². The van der Waals surface area contributed by atoms with Crippen molar-refractivity contribution in [1.82, 2.24) is 15.1 Å². The van der Waals surface area contributed by atoms with Gasteiger partial charge in [0.15, 0.2) is 0 Å². The van der Waals surface area contributed by atoms with E-state index in [4.69, 9.17) is 0 Å². The van der Waals surface area contributed by atoms with E-state index < -0.39 is 0 Å². The molecule has 0 spiro atoms. The number of rotatable bonds is 6. The van der Waals surface area contributed by atoms with Crippen LogP contribution in [0.5, 0.6) is 0 Å². The minimum atomic E-state index is 0.717. The number of likely N-dealkylation sites (N-methyl/N-ethyl adjacent to an activating group) is 1. The molecule has 3 nitrogen and oxygen atoms in total. The second-order valence-electron chi connectivity index (χ2n) is 5.03. The molecule has 0 aliphatic carbocycles. The number of nitrogens with one attached hydrogen (secondary N) is 1. The standard InChI is InChI=1S/C13H29N3/c1-4-13(14-2)7-5-9-16-10-6-8-15(3)11-12-16/h13-14H,4-12H2,1-3H3. The normalized spacial score (nSPS) is 21.9. The van der Waals surface area contributed by atoms with E-state index in [0.29, 0.717) is 0 Å². The van der Waals surface area contributed by atoms with Crippen molar-refractivity contribution in [1.29, 1.82) is 0 Å². The third kappa shape index (κ3) is 5.28. The van der Waals surface area contributed by atoms with Gasteiger partial charge in [-0.1, -0.05) is 6.92 Å². The van der Waals surface area contributed by atoms with E-state index in [1.807, 2.05) is 0 Å². The van der Waals surface area contributed by atoms with Gasteiger partial charge in [-0.25, -0.2) is 0 Å². The second-order valence-corrected chi connectivity index (χ2v) is 5.03. The predicted molar refractivity (Wildman–Crippen MR) is 70.9 cm³/mol. The molecule has 0 aromatic carbocycles. The molecule has 0 radical (unpaired) electrons. The molecule has 0 saturated carbocycles. The molecule has 1 heterocycles. The zero-order chi connectivity index (χ0) is 11.8. The molecule has 1 fully saturated rings. The first-order chi connectivity index (χ1) is 7.76. The average molecular weight is 227 g/mol. The topological polar surface area (TPSA) is 18.5 Å². The lowest BCUT2D eigenvalue weighted by Crippen LogP contribution is -2.31. The average Bonchev–Trinajstić information content (AvgIpc) is 2.50. The first-order valence-corrected chi connectivity index (χ1v) is 6.84. The summed E-state index contributed by atoms with van der Waals surface area (Å²) >= 11 is 0. The third-order valence-electron chi connectivity index (χ3n) is 3.74. The van der Waals surface area contributed by atoms with Gasteiger partial charge in [0.2, 0.25) is 0 Å². The minimum Gasteiger partial charge on any atom is -0.317 e. The summed E-state index contributed by atoms with van der Waals surface area (Å²) < 4.78 is 0. The van der Waals surface area contributed by atoms with Crippen molar-refractivity contribution in [3.63, 3.8) is 0 Å². The third-order valence-corrected chi connectivity index (χ3v) is 3.74. The summed E-state index contributed by atoms with van der Waals surface area (Å²) in [5.41, 5.74) is 0. The van der Waals surface area contributed by atoms with Gasteiger partial charge in [-0.2, -0.15) is 0 Å².